The molecule has 3 aromatic rings. The number of benzene rings is 3. The lowest BCUT2D eigenvalue weighted by Gasteiger charge is -2.22. The van der Waals surface area contributed by atoms with Gasteiger partial charge in [-0.15, -0.1) is 0 Å². The van der Waals surface area contributed by atoms with Gasteiger partial charge in [0, 0.05) is 19.6 Å². The molecule has 0 saturated heterocycles. The van der Waals surface area contributed by atoms with E-state index in [0.29, 0.717) is 6.54 Å². The molecule has 0 aliphatic heterocycles. The first-order valence-electron chi connectivity index (χ1n) is 9.70. The molecule has 0 aliphatic carbocycles. The Bertz CT molecular complexity index is 888. The Hall–Kier alpha value is -2.91. The van der Waals surface area contributed by atoms with E-state index in [2.05, 4.69) is 84.6 Å². The first-order valence-corrected chi connectivity index (χ1v) is 9.70. The lowest BCUT2D eigenvalue weighted by Crippen LogP contribution is -2.25. The number of carboxylic acid groups (broad SMARTS) is 1. The van der Waals surface area contributed by atoms with Crippen LogP contribution in [0.5, 0.6) is 0 Å². The molecule has 0 aromatic heterocycles. The summed E-state index contributed by atoms with van der Waals surface area (Å²) in [4.78, 5) is 13.3. The molecule has 0 atom stereocenters. The zero-order valence-electron chi connectivity index (χ0n) is 16.3. The Morgan fingerprint density at radius 3 is 2.07 bits per heavy atom. The maximum Gasteiger partial charge on any atom is 0.304 e. The molecule has 0 radical (unpaired) electrons. The van der Waals surface area contributed by atoms with Gasteiger partial charge in [0.05, 0.1) is 6.42 Å². The van der Waals surface area contributed by atoms with Crippen molar-refractivity contribution in [3.05, 3.63) is 107 Å². The molecule has 3 heteroatoms. The molecule has 0 unspecified atom stereocenters. The standard InChI is InChI=1S/C25H27NO2/c1-20-6-5-9-24(16-20)19-26(15-14-25(27)28)18-23-12-10-22(11-13-23)17-21-7-3-2-4-8-21/h2-13,16H,14-15,17-19H2,1H3,(H,27,28). The first kappa shape index (κ1) is 19.8. The molecule has 28 heavy (non-hydrogen) atoms. The van der Waals surface area contributed by atoms with Crippen molar-refractivity contribution in [1.82, 2.24) is 4.90 Å². The van der Waals surface area contributed by atoms with Crippen LogP contribution in [0.2, 0.25) is 0 Å². The quantitative estimate of drug-likeness (QED) is 0.570. The smallest absolute Gasteiger partial charge is 0.304 e. The van der Waals surface area contributed by atoms with Gasteiger partial charge in [0.2, 0.25) is 0 Å². The third kappa shape index (κ3) is 6.36. The summed E-state index contributed by atoms with van der Waals surface area (Å²) in [5, 5.41) is 9.09. The van der Waals surface area contributed by atoms with Gasteiger partial charge >= 0.3 is 5.97 Å². The van der Waals surface area contributed by atoms with Crippen LogP contribution in [0.3, 0.4) is 0 Å². The van der Waals surface area contributed by atoms with Crippen molar-refractivity contribution in [2.75, 3.05) is 6.54 Å². The van der Waals surface area contributed by atoms with E-state index >= 15 is 0 Å². The number of nitrogens with zero attached hydrogens (tertiary/aromatic N) is 1. The van der Waals surface area contributed by atoms with E-state index in [0.717, 1.165) is 19.5 Å². The van der Waals surface area contributed by atoms with E-state index in [1.807, 2.05) is 6.07 Å². The van der Waals surface area contributed by atoms with Crippen molar-refractivity contribution < 1.29 is 9.90 Å². The summed E-state index contributed by atoms with van der Waals surface area (Å²) >= 11 is 0. The summed E-state index contributed by atoms with van der Waals surface area (Å²) in [6.07, 6.45) is 1.07. The normalized spacial score (nSPS) is 10.9. The van der Waals surface area contributed by atoms with Crippen LogP contribution in [-0.4, -0.2) is 22.5 Å². The lowest BCUT2D eigenvalue weighted by atomic mass is 10.0. The van der Waals surface area contributed by atoms with E-state index in [1.54, 1.807) is 0 Å². The van der Waals surface area contributed by atoms with Crippen LogP contribution in [0, 0.1) is 6.92 Å². The minimum atomic E-state index is -0.757. The third-order valence-electron chi connectivity index (χ3n) is 4.81. The molecule has 0 spiro atoms. The SMILES string of the molecule is Cc1cccc(CN(CCC(=O)O)Cc2ccc(Cc3ccccc3)cc2)c1. The first-order chi connectivity index (χ1) is 13.6. The van der Waals surface area contributed by atoms with Crippen LogP contribution < -0.4 is 0 Å². The molecule has 3 aromatic carbocycles. The van der Waals surface area contributed by atoms with Gasteiger partial charge in [-0.3, -0.25) is 9.69 Å². The van der Waals surface area contributed by atoms with Gasteiger partial charge in [-0.1, -0.05) is 84.4 Å². The van der Waals surface area contributed by atoms with Crippen molar-refractivity contribution >= 4 is 5.97 Å². The Labute approximate surface area is 167 Å². The largest absolute Gasteiger partial charge is 0.481 e. The summed E-state index contributed by atoms with van der Waals surface area (Å²) in [5.74, 6) is -0.757. The molecule has 3 rings (SSSR count). The van der Waals surface area contributed by atoms with E-state index in [9.17, 15) is 4.79 Å². The van der Waals surface area contributed by atoms with Gasteiger partial charge < -0.3 is 5.11 Å². The van der Waals surface area contributed by atoms with Gasteiger partial charge in [-0.25, -0.2) is 0 Å². The molecular weight excluding hydrogens is 346 g/mol. The predicted molar refractivity (Wildman–Crippen MR) is 113 cm³/mol. The highest BCUT2D eigenvalue weighted by Crippen LogP contribution is 2.15. The fraction of sp³-hybridized carbons (Fsp3) is 0.240. The van der Waals surface area contributed by atoms with Crippen LogP contribution in [0.15, 0.2) is 78.9 Å². The maximum atomic E-state index is 11.1. The summed E-state index contributed by atoms with van der Waals surface area (Å²) < 4.78 is 0. The molecule has 0 amide bonds. The highest BCUT2D eigenvalue weighted by atomic mass is 16.4. The fourth-order valence-electron chi connectivity index (χ4n) is 3.39. The second-order valence-corrected chi connectivity index (χ2v) is 7.32. The maximum absolute atomic E-state index is 11.1. The van der Waals surface area contributed by atoms with Crippen molar-refractivity contribution in [3.8, 4) is 0 Å². The number of carbonyl (C=O) groups is 1. The van der Waals surface area contributed by atoms with Crippen molar-refractivity contribution in [2.45, 2.75) is 32.9 Å². The third-order valence-corrected chi connectivity index (χ3v) is 4.81. The Kier molecular flexibility index (Phi) is 6.99. The molecule has 0 bridgehead atoms. The summed E-state index contributed by atoms with van der Waals surface area (Å²) in [6, 6.07) is 27.5. The van der Waals surface area contributed by atoms with Crippen LogP contribution in [0.25, 0.3) is 0 Å². The zero-order chi connectivity index (χ0) is 19.8. The van der Waals surface area contributed by atoms with E-state index < -0.39 is 5.97 Å². The van der Waals surface area contributed by atoms with E-state index in [4.69, 9.17) is 5.11 Å². The summed E-state index contributed by atoms with van der Waals surface area (Å²) in [7, 11) is 0. The number of aryl methyl sites for hydroxylation is 1. The molecule has 1 N–H and O–H groups in total. The molecule has 0 saturated carbocycles. The molecule has 3 nitrogen and oxygen atoms in total. The van der Waals surface area contributed by atoms with Crippen molar-refractivity contribution in [1.29, 1.82) is 0 Å². The Balaban J connectivity index is 1.66. The fourth-order valence-corrected chi connectivity index (χ4v) is 3.39. The van der Waals surface area contributed by atoms with Crippen LogP contribution >= 0.6 is 0 Å². The number of rotatable bonds is 9. The van der Waals surface area contributed by atoms with E-state index in [1.165, 1.54) is 27.8 Å². The number of hydrogen-bond acceptors (Lipinski definition) is 2. The second-order valence-electron chi connectivity index (χ2n) is 7.32. The van der Waals surface area contributed by atoms with Crippen LogP contribution in [0.4, 0.5) is 0 Å². The molecular formula is C25H27NO2. The van der Waals surface area contributed by atoms with Gasteiger partial charge in [0.1, 0.15) is 0 Å². The molecule has 0 aliphatic rings. The molecule has 0 heterocycles. The number of hydrogen-bond donors (Lipinski definition) is 1. The van der Waals surface area contributed by atoms with Crippen molar-refractivity contribution in [2.24, 2.45) is 0 Å². The van der Waals surface area contributed by atoms with Gasteiger partial charge in [-0.2, -0.15) is 0 Å². The Morgan fingerprint density at radius 1 is 0.786 bits per heavy atom. The molecule has 144 valence electrons. The van der Waals surface area contributed by atoms with Gasteiger partial charge in [0.15, 0.2) is 0 Å². The minimum Gasteiger partial charge on any atom is -0.481 e. The highest BCUT2D eigenvalue weighted by molar-refractivity contribution is 5.66. The summed E-state index contributed by atoms with van der Waals surface area (Å²) in [6.45, 7) is 4.11. The van der Waals surface area contributed by atoms with Gasteiger partial charge in [-0.05, 0) is 35.6 Å². The van der Waals surface area contributed by atoms with E-state index in [-0.39, 0.29) is 6.42 Å². The zero-order valence-corrected chi connectivity index (χ0v) is 16.3. The second kappa shape index (κ2) is 9.86. The Morgan fingerprint density at radius 2 is 1.39 bits per heavy atom. The molecule has 0 fully saturated rings. The topological polar surface area (TPSA) is 40.5 Å². The van der Waals surface area contributed by atoms with Crippen molar-refractivity contribution in [3.63, 3.8) is 0 Å². The average Bonchev–Trinajstić information content (AvgIpc) is 2.68. The lowest BCUT2D eigenvalue weighted by molar-refractivity contribution is -0.137. The summed E-state index contributed by atoms with van der Waals surface area (Å²) in [5.41, 5.74) is 6.23. The number of carboxylic acids is 1. The average molecular weight is 373 g/mol. The monoisotopic (exact) mass is 373 g/mol. The predicted octanol–water partition coefficient (Wildman–Crippen LogP) is 5.06. The number of aliphatic carboxylic acids is 1. The van der Waals surface area contributed by atoms with Crippen LogP contribution in [-0.2, 0) is 24.3 Å². The van der Waals surface area contributed by atoms with Gasteiger partial charge in [0.25, 0.3) is 0 Å². The highest BCUT2D eigenvalue weighted by Gasteiger charge is 2.10. The minimum absolute atomic E-state index is 0.151. The van der Waals surface area contributed by atoms with Crippen LogP contribution in [0.1, 0.15) is 34.2 Å².